The Kier molecular flexibility index (Phi) is 10.5. The SMILES string of the molecule is CCOC(Oc1cccc(-c2c3nc(c(Cl)c4ccc([nH]4)c(-c4cccc(OC(OCC)C(=O)O)c4)c4nc(c(Cl)c5ccc2[nH]5)C=C4)C=C3)c1)C(=O)O. The second-order valence-corrected chi connectivity index (χ2v) is 12.7. The Morgan fingerprint density at radius 2 is 1.00 bits per heavy atom. The largest absolute Gasteiger partial charge is 0.477 e. The van der Waals surface area contributed by atoms with Gasteiger partial charge in [-0.3, -0.25) is 0 Å². The number of carboxylic acids is 2. The Morgan fingerprint density at radius 3 is 1.39 bits per heavy atom. The van der Waals surface area contributed by atoms with E-state index < -0.39 is 24.5 Å². The van der Waals surface area contributed by atoms with Crippen LogP contribution >= 0.6 is 23.2 Å². The van der Waals surface area contributed by atoms with E-state index in [9.17, 15) is 19.8 Å². The van der Waals surface area contributed by atoms with E-state index >= 15 is 0 Å². The zero-order valence-corrected chi connectivity index (χ0v) is 30.3. The Labute approximate surface area is 318 Å². The molecule has 2 aliphatic heterocycles. The van der Waals surface area contributed by atoms with Crippen molar-refractivity contribution < 1.29 is 38.7 Å². The van der Waals surface area contributed by atoms with Gasteiger partial charge in [0.1, 0.15) is 11.5 Å². The zero-order chi connectivity index (χ0) is 37.9. The molecule has 0 amide bonds. The average molecular weight is 768 g/mol. The van der Waals surface area contributed by atoms with Gasteiger partial charge in [-0.1, -0.05) is 47.5 Å². The van der Waals surface area contributed by atoms with Crippen molar-refractivity contribution in [2.75, 3.05) is 13.2 Å². The highest BCUT2D eigenvalue weighted by atomic mass is 35.5. The number of H-pyrrole nitrogens is 2. The van der Waals surface area contributed by atoms with E-state index in [1.54, 1.807) is 50.2 Å². The van der Waals surface area contributed by atoms with Crippen LogP contribution in [0.15, 0.2) is 72.8 Å². The van der Waals surface area contributed by atoms with E-state index in [-0.39, 0.29) is 24.7 Å². The number of rotatable bonds is 12. The number of carboxylic acid groups (broad SMARTS) is 2. The number of nitrogens with zero attached hydrogens (tertiary/aromatic N) is 2. The van der Waals surface area contributed by atoms with Crippen molar-refractivity contribution in [2.24, 2.45) is 0 Å². The van der Waals surface area contributed by atoms with E-state index in [1.807, 2.05) is 60.7 Å². The molecular weight excluding hydrogens is 735 g/mol. The van der Waals surface area contributed by atoms with Crippen LogP contribution in [0.2, 0.25) is 10.0 Å². The van der Waals surface area contributed by atoms with Gasteiger partial charge >= 0.3 is 11.9 Å². The molecule has 12 nitrogen and oxygen atoms in total. The van der Waals surface area contributed by atoms with Crippen LogP contribution in [0.25, 0.3) is 68.6 Å². The lowest BCUT2D eigenvalue weighted by atomic mass is 10.0. The fourth-order valence-corrected chi connectivity index (χ4v) is 6.49. The summed E-state index contributed by atoms with van der Waals surface area (Å²) >= 11 is 14.1. The van der Waals surface area contributed by atoms with Crippen molar-refractivity contribution >= 4 is 81.5 Å². The summed E-state index contributed by atoms with van der Waals surface area (Å²) < 4.78 is 21.9. The van der Waals surface area contributed by atoms with Gasteiger partial charge < -0.3 is 39.1 Å². The third kappa shape index (κ3) is 7.45. The molecule has 2 unspecified atom stereocenters. The summed E-state index contributed by atoms with van der Waals surface area (Å²) in [4.78, 5) is 40.2. The second-order valence-electron chi connectivity index (χ2n) is 11.9. The summed E-state index contributed by atoms with van der Waals surface area (Å²) in [5, 5.41) is 19.9. The molecule has 54 heavy (non-hydrogen) atoms. The number of nitrogens with one attached hydrogen (secondary N) is 2. The number of benzene rings is 2. The van der Waals surface area contributed by atoms with Crippen LogP contribution in [0.3, 0.4) is 0 Å². The van der Waals surface area contributed by atoms with E-state index in [2.05, 4.69) is 9.97 Å². The van der Waals surface area contributed by atoms with Gasteiger partial charge in [0.2, 0.25) is 0 Å². The number of halogens is 2. The maximum atomic E-state index is 11.8. The van der Waals surface area contributed by atoms with Gasteiger partial charge in [-0.05, 0) is 97.8 Å². The quantitative estimate of drug-likeness (QED) is 0.0881. The molecule has 7 rings (SSSR count). The highest BCUT2D eigenvalue weighted by Crippen LogP contribution is 2.37. The second kappa shape index (κ2) is 15.6. The lowest BCUT2D eigenvalue weighted by molar-refractivity contribution is -0.170. The molecule has 0 spiro atoms. The molecule has 2 aromatic carbocycles. The summed E-state index contributed by atoms with van der Waals surface area (Å²) in [6, 6.07) is 21.4. The van der Waals surface area contributed by atoms with Crippen molar-refractivity contribution in [3.63, 3.8) is 0 Å². The molecule has 8 bridgehead atoms. The van der Waals surface area contributed by atoms with Crippen LogP contribution in [0, 0.1) is 0 Å². The normalized spacial score (nSPS) is 13.1. The first-order valence-corrected chi connectivity index (χ1v) is 17.6. The number of hydrogen-bond acceptors (Lipinski definition) is 8. The average Bonchev–Trinajstić information content (AvgIpc) is 4.00. The fraction of sp³-hybridized carbons (Fsp3) is 0.150. The maximum Gasteiger partial charge on any atom is 0.373 e. The summed E-state index contributed by atoms with van der Waals surface area (Å²) in [6.45, 7) is 3.68. The van der Waals surface area contributed by atoms with E-state index in [4.69, 9.17) is 52.1 Å². The summed E-state index contributed by atoms with van der Waals surface area (Å²) in [6.07, 6.45) is 4.33. The molecule has 0 aliphatic carbocycles. The topological polar surface area (TPSA) is 169 Å². The van der Waals surface area contributed by atoms with Crippen LogP contribution in [0.1, 0.15) is 36.6 Å². The highest BCUT2D eigenvalue weighted by molar-refractivity contribution is 6.36. The Morgan fingerprint density at radius 1 is 0.611 bits per heavy atom. The minimum atomic E-state index is -1.48. The van der Waals surface area contributed by atoms with Crippen LogP contribution in [0.5, 0.6) is 11.5 Å². The third-order valence-corrected chi connectivity index (χ3v) is 9.19. The number of hydrogen-bond donors (Lipinski definition) is 4. The van der Waals surface area contributed by atoms with Crippen LogP contribution < -0.4 is 9.47 Å². The molecule has 5 heterocycles. The fourth-order valence-electron chi connectivity index (χ4n) is 6.06. The standard InChI is InChI=1S/C40H32Cl2N4O8/c1-3-51-39(37(47)48)53-23-9-5-7-21(19-23)33-25-11-15-29(43-25)35(41)31-17-13-27(45-31)34(22-8-6-10-24(20-22)54-40(38(49)50)52-4-2)28-14-18-32(46-28)36(42)30-16-12-26(33)44-30/h5-20,39-40,43,46H,3-4H2,1-2H3,(H,47,48)(H,49,50). The van der Waals surface area contributed by atoms with E-state index in [1.165, 1.54) is 0 Å². The molecule has 0 saturated carbocycles. The number of ether oxygens (including phenoxy) is 4. The van der Waals surface area contributed by atoms with Crippen molar-refractivity contribution in [1.29, 1.82) is 0 Å². The molecular formula is C40H32Cl2N4O8. The first kappa shape index (κ1) is 36.4. The molecule has 3 aromatic heterocycles. The van der Waals surface area contributed by atoms with Crippen LogP contribution in [-0.2, 0) is 19.1 Å². The molecule has 274 valence electrons. The lowest BCUT2D eigenvalue weighted by Gasteiger charge is -2.15. The zero-order valence-electron chi connectivity index (χ0n) is 28.8. The molecule has 0 fully saturated rings. The number of carbonyl (C=O) groups is 2. The van der Waals surface area contributed by atoms with Crippen molar-refractivity contribution in [2.45, 2.75) is 26.4 Å². The molecule has 5 aromatic rings. The van der Waals surface area contributed by atoms with Gasteiger partial charge in [0, 0.05) is 35.4 Å². The van der Waals surface area contributed by atoms with Gasteiger partial charge in [-0.2, -0.15) is 0 Å². The summed E-state index contributed by atoms with van der Waals surface area (Å²) in [5.74, 6) is -1.93. The molecule has 4 N–H and O–H groups in total. The third-order valence-electron chi connectivity index (χ3n) is 8.40. The molecule has 0 saturated heterocycles. The minimum Gasteiger partial charge on any atom is -0.477 e. The lowest BCUT2D eigenvalue weighted by Crippen LogP contribution is -2.30. The molecule has 2 atom stereocenters. The molecule has 0 radical (unpaired) electrons. The number of fused-ring (bicyclic) bond motifs is 8. The van der Waals surface area contributed by atoms with Gasteiger partial charge in [0.05, 0.1) is 43.9 Å². The van der Waals surface area contributed by atoms with Gasteiger partial charge in [0.15, 0.2) is 0 Å². The van der Waals surface area contributed by atoms with Crippen molar-refractivity contribution in [3.8, 4) is 33.8 Å². The first-order chi connectivity index (χ1) is 26.1. The van der Waals surface area contributed by atoms with Gasteiger partial charge in [0.25, 0.3) is 12.6 Å². The van der Waals surface area contributed by atoms with Crippen molar-refractivity contribution in [3.05, 3.63) is 106 Å². The molecule has 14 heteroatoms. The predicted molar refractivity (Wildman–Crippen MR) is 207 cm³/mol. The van der Waals surface area contributed by atoms with E-state index in [0.29, 0.717) is 77.1 Å². The minimum absolute atomic E-state index is 0.154. The summed E-state index contributed by atoms with van der Waals surface area (Å²) in [5.41, 5.74) is 7.36. The summed E-state index contributed by atoms with van der Waals surface area (Å²) in [7, 11) is 0. The smallest absolute Gasteiger partial charge is 0.373 e. The first-order valence-electron chi connectivity index (χ1n) is 16.8. The van der Waals surface area contributed by atoms with Crippen molar-refractivity contribution in [1.82, 2.24) is 19.9 Å². The predicted octanol–water partition coefficient (Wildman–Crippen LogP) is 8.95. The van der Waals surface area contributed by atoms with Crippen LogP contribution in [-0.4, -0.2) is 67.9 Å². The maximum absolute atomic E-state index is 11.8. The Balaban J connectivity index is 1.44. The monoisotopic (exact) mass is 766 g/mol. The highest BCUT2D eigenvalue weighted by Gasteiger charge is 2.22. The number of aromatic amines is 2. The van der Waals surface area contributed by atoms with Gasteiger partial charge in [-0.15, -0.1) is 0 Å². The Hall–Kier alpha value is -5.92. The van der Waals surface area contributed by atoms with E-state index in [0.717, 1.165) is 0 Å². The van der Waals surface area contributed by atoms with Gasteiger partial charge in [-0.25, -0.2) is 19.6 Å². The molecule has 2 aliphatic rings. The Bertz CT molecular complexity index is 2330. The van der Waals surface area contributed by atoms with Crippen LogP contribution in [0.4, 0.5) is 0 Å². The number of aliphatic carboxylic acids is 2. The number of aromatic nitrogens is 4.